The van der Waals surface area contributed by atoms with E-state index in [4.69, 9.17) is 12.2 Å². The first kappa shape index (κ1) is 20.6. The Morgan fingerprint density at radius 2 is 1.86 bits per heavy atom. The first-order valence-corrected chi connectivity index (χ1v) is 9.56. The van der Waals surface area contributed by atoms with Gasteiger partial charge in [0.25, 0.3) is 11.6 Å². The maximum atomic E-state index is 13.0. The molecule has 0 radical (unpaired) electrons. The lowest BCUT2D eigenvalue weighted by atomic mass is 10.2. The average molecular weight is 431 g/mol. The number of carbonyl (C=O) groups excluding carboxylic acids is 2. The van der Waals surface area contributed by atoms with Crippen molar-refractivity contribution in [2.24, 2.45) is 0 Å². The molecule has 0 bridgehead atoms. The molecule has 2 amide bonds. The van der Waals surface area contributed by atoms with Crippen molar-refractivity contribution in [3.05, 3.63) is 74.9 Å². The maximum Gasteiger partial charge on any atom is 0.269 e. The van der Waals surface area contributed by atoms with Crippen molar-refractivity contribution in [3.63, 3.8) is 0 Å². The van der Waals surface area contributed by atoms with Gasteiger partial charge in [0.15, 0.2) is 0 Å². The minimum absolute atomic E-state index is 0.0548. The summed E-state index contributed by atoms with van der Waals surface area (Å²) < 4.78 is 13.2. The fourth-order valence-electron chi connectivity index (χ4n) is 2.55. The molecule has 3 rings (SSSR count). The lowest BCUT2D eigenvalue weighted by Gasteiger charge is -2.22. The van der Waals surface area contributed by atoms with Gasteiger partial charge in [0.2, 0.25) is 5.91 Å². The minimum atomic E-state index is -0.879. The van der Waals surface area contributed by atoms with Crippen molar-refractivity contribution >= 4 is 57.6 Å². The Morgan fingerprint density at radius 3 is 2.45 bits per heavy atom. The number of non-ortho nitro benzene ring substituents is 1. The Bertz CT molecular complexity index is 1020. The number of hydrogen-bond acceptors (Lipinski definition) is 6. The number of benzene rings is 2. The van der Waals surface area contributed by atoms with E-state index in [-0.39, 0.29) is 10.0 Å². The number of nitrogens with one attached hydrogen (secondary N) is 1. The summed E-state index contributed by atoms with van der Waals surface area (Å²) in [5.41, 5.74) is 0.940. The number of nitrogens with zero attached hydrogens (tertiary/aromatic N) is 2. The highest BCUT2D eigenvalue weighted by Gasteiger charge is 2.38. The molecule has 148 valence electrons. The predicted octanol–water partition coefficient (Wildman–Crippen LogP) is 3.96. The summed E-state index contributed by atoms with van der Waals surface area (Å²) in [5, 5.41) is 13.3. The molecule has 10 heteroatoms. The van der Waals surface area contributed by atoms with Crippen LogP contribution in [0.15, 0.2) is 53.4 Å². The second kappa shape index (κ2) is 8.50. The number of anilines is 1. The van der Waals surface area contributed by atoms with Crippen LogP contribution in [0, 0.1) is 15.9 Å². The van der Waals surface area contributed by atoms with Crippen LogP contribution < -0.4 is 5.32 Å². The average Bonchev–Trinajstić information content (AvgIpc) is 2.96. The molecule has 1 N–H and O–H groups in total. The molecule has 2 aromatic rings. The number of halogens is 1. The Labute approximate surface area is 174 Å². The molecule has 2 aromatic carbocycles. The highest BCUT2D eigenvalue weighted by Crippen LogP contribution is 2.34. The van der Waals surface area contributed by atoms with Crippen LogP contribution in [0.2, 0.25) is 0 Å². The van der Waals surface area contributed by atoms with Crippen LogP contribution in [0.3, 0.4) is 0 Å². The van der Waals surface area contributed by atoms with Gasteiger partial charge in [0.05, 0.1) is 9.83 Å². The first-order chi connectivity index (χ1) is 13.8. The molecular weight excluding hydrogens is 417 g/mol. The molecule has 0 aliphatic carbocycles. The normalized spacial score (nSPS) is 16.2. The molecule has 1 aliphatic heterocycles. The van der Waals surface area contributed by atoms with Gasteiger partial charge in [-0.05, 0) is 55.0 Å². The predicted molar refractivity (Wildman–Crippen MR) is 113 cm³/mol. The van der Waals surface area contributed by atoms with Crippen LogP contribution in [0.1, 0.15) is 12.5 Å². The molecule has 1 saturated heterocycles. The first-order valence-electron chi connectivity index (χ1n) is 8.34. The van der Waals surface area contributed by atoms with E-state index in [1.165, 1.54) is 53.4 Å². The van der Waals surface area contributed by atoms with Gasteiger partial charge in [-0.2, -0.15) is 0 Å². The summed E-state index contributed by atoms with van der Waals surface area (Å²) in [5.74, 6) is -1.33. The van der Waals surface area contributed by atoms with Gasteiger partial charge in [-0.25, -0.2) is 4.39 Å². The molecule has 1 fully saturated rings. The van der Waals surface area contributed by atoms with Crippen molar-refractivity contribution in [1.29, 1.82) is 0 Å². The molecule has 7 nitrogen and oxygen atoms in total. The van der Waals surface area contributed by atoms with Gasteiger partial charge in [-0.3, -0.25) is 24.6 Å². The molecule has 1 aliphatic rings. The zero-order valence-electron chi connectivity index (χ0n) is 15.0. The zero-order valence-corrected chi connectivity index (χ0v) is 16.6. The van der Waals surface area contributed by atoms with Crippen molar-refractivity contribution < 1.29 is 18.9 Å². The Kier molecular flexibility index (Phi) is 6.04. The van der Waals surface area contributed by atoms with Crippen molar-refractivity contribution in [2.45, 2.75) is 13.0 Å². The van der Waals surface area contributed by atoms with Gasteiger partial charge in [-0.1, -0.05) is 24.0 Å². The van der Waals surface area contributed by atoms with E-state index in [9.17, 15) is 24.1 Å². The van der Waals surface area contributed by atoms with Gasteiger partial charge in [0.1, 0.15) is 16.2 Å². The van der Waals surface area contributed by atoms with Crippen molar-refractivity contribution in [1.82, 2.24) is 4.90 Å². The molecule has 1 atom stereocenters. The molecule has 1 unspecified atom stereocenters. The SMILES string of the molecule is CC(C(=O)Nc1ccc(F)cc1)N1C(=O)/C(=C/c2ccc([N+](=O)[O-])cc2)SC1=S. The second-order valence-corrected chi connectivity index (χ2v) is 7.75. The maximum absolute atomic E-state index is 13.0. The number of amides is 2. The summed E-state index contributed by atoms with van der Waals surface area (Å²) >= 11 is 6.30. The fraction of sp³-hybridized carbons (Fsp3) is 0.105. The second-order valence-electron chi connectivity index (χ2n) is 6.07. The number of nitro benzene ring substituents is 1. The third-order valence-corrected chi connectivity index (χ3v) is 5.43. The van der Waals surface area contributed by atoms with Crippen LogP contribution in [0.5, 0.6) is 0 Å². The summed E-state index contributed by atoms with van der Waals surface area (Å²) in [6.07, 6.45) is 1.56. The van der Waals surface area contributed by atoms with E-state index in [1.54, 1.807) is 13.0 Å². The molecule has 29 heavy (non-hydrogen) atoms. The van der Waals surface area contributed by atoms with Gasteiger partial charge in [0, 0.05) is 17.8 Å². The van der Waals surface area contributed by atoms with Crippen LogP contribution in [-0.2, 0) is 9.59 Å². The molecule has 0 spiro atoms. The van der Waals surface area contributed by atoms with Crippen molar-refractivity contribution in [2.75, 3.05) is 5.32 Å². The quantitative estimate of drug-likeness (QED) is 0.333. The lowest BCUT2D eigenvalue weighted by Crippen LogP contribution is -2.44. The van der Waals surface area contributed by atoms with Crippen LogP contribution in [-0.4, -0.2) is 32.0 Å². The molecule has 0 aromatic heterocycles. The summed E-state index contributed by atoms with van der Waals surface area (Å²) in [6.45, 7) is 1.54. The zero-order chi connectivity index (χ0) is 21.1. The van der Waals surface area contributed by atoms with Gasteiger partial charge < -0.3 is 5.32 Å². The van der Waals surface area contributed by atoms with E-state index in [2.05, 4.69) is 5.32 Å². The molecular formula is C19H14FN3O4S2. The fourth-order valence-corrected chi connectivity index (χ4v) is 3.97. The van der Waals surface area contributed by atoms with E-state index in [0.29, 0.717) is 16.2 Å². The van der Waals surface area contributed by atoms with E-state index < -0.39 is 28.6 Å². The number of carbonyl (C=O) groups is 2. The van der Waals surface area contributed by atoms with Crippen LogP contribution >= 0.6 is 24.0 Å². The number of nitro groups is 1. The van der Waals surface area contributed by atoms with Crippen LogP contribution in [0.4, 0.5) is 15.8 Å². The van der Waals surface area contributed by atoms with Gasteiger partial charge in [-0.15, -0.1) is 0 Å². The van der Waals surface area contributed by atoms with Crippen molar-refractivity contribution in [3.8, 4) is 0 Å². The summed E-state index contributed by atoms with van der Waals surface area (Å²) in [4.78, 5) is 37.0. The standard InChI is InChI=1S/C19H14FN3O4S2/c1-11(17(24)21-14-6-4-13(20)5-7-14)22-18(25)16(29-19(22)28)10-12-2-8-15(9-3-12)23(26)27/h2-11H,1H3,(H,21,24)/b16-10-. The Morgan fingerprint density at radius 1 is 1.24 bits per heavy atom. The molecule has 0 saturated carbocycles. The number of rotatable bonds is 5. The smallest absolute Gasteiger partial charge is 0.269 e. The highest BCUT2D eigenvalue weighted by atomic mass is 32.2. The monoisotopic (exact) mass is 431 g/mol. The largest absolute Gasteiger partial charge is 0.324 e. The summed E-state index contributed by atoms with van der Waals surface area (Å²) in [6, 6.07) is 10.1. The summed E-state index contributed by atoms with van der Waals surface area (Å²) in [7, 11) is 0. The topological polar surface area (TPSA) is 92.6 Å². The Balaban J connectivity index is 1.74. The Hall–Kier alpha value is -3.11. The lowest BCUT2D eigenvalue weighted by molar-refractivity contribution is -0.384. The number of thiocarbonyl (C=S) groups is 1. The number of hydrogen-bond donors (Lipinski definition) is 1. The van der Waals surface area contributed by atoms with E-state index in [1.807, 2.05) is 0 Å². The minimum Gasteiger partial charge on any atom is -0.324 e. The van der Waals surface area contributed by atoms with E-state index in [0.717, 1.165) is 11.8 Å². The third kappa shape index (κ3) is 4.66. The third-order valence-electron chi connectivity index (χ3n) is 4.10. The van der Waals surface area contributed by atoms with E-state index >= 15 is 0 Å². The van der Waals surface area contributed by atoms with Gasteiger partial charge >= 0.3 is 0 Å². The highest BCUT2D eigenvalue weighted by molar-refractivity contribution is 8.26. The number of thioether (sulfide) groups is 1. The van der Waals surface area contributed by atoms with Crippen LogP contribution in [0.25, 0.3) is 6.08 Å². The molecule has 1 heterocycles.